The minimum absolute atomic E-state index is 0.0725. The third-order valence-corrected chi connectivity index (χ3v) is 7.55. The maximum Gasteiger partial charge on any atom is 0.281 e. The van der Waals surface area contributed by atoms with Crippen LogP contribution in [0.1, 0.15) is 55.4 Å². The van der Waals surface area contributed by atoms with Crippen molar-refractivity contribution in [1.29, 1.82) is 0 Å². The number of thioether (sulfide) groups is 1. The summed E-state index contributed by atoms with van der Waals surface area (Å²) in [5, 5.41) is 1.43. The normalized spacial score (nSPS) is 21.6. The predicted octanol–water partition coefficient (Wildman–Crippen LogP) is 3.19. The molecule has 0 radical (unpaired) electrons. The fraction of sp³-hybridized carbons (Fsp3) is 0.667. The van der Waals surface area contributed by atoms with Crippen molar-refractivity contribution in [3.05, 3.63) is 20.8 Å². The first-order valence-corrected chi connectivity index (χ1v) is 11.1. The van der Waals surface area contributed by atoms with Crippen molar-refractivity contribution in [2.75, 3.05) is 31.2 Å². The van der Waals surface area contributed by atoms with E-state index < -0.39 is 0 Å². The lowest BCUT2D eigenvalue weighted by molar-refractivity contribution is 0.242. The van der Waals surface area contributed by atoms with Gasteiger partial charge in [-0.05, 0) is 56.7 Å². The third kappa shape index (κ3) is 3.34. The molecule has 2 N–H and O–H groups in total. The molecule has 0 unspecified atom stereocenters. The van der Waals surface area contributed by atoms with Gasteiger partial charge in [-0.1, -0.05) is 25.1 Å². The standard InChI is InChI=1S/C18H26N4OS2/c1-12-6-5-7-13-14(12)15-16(25-13)20-18(22(19)17(15)23)24-11-10-21-8-3-2-4-9-21/h12H,2-11,19H2,1H3/t12-/m1/s1. The van der Waals surface area contributed by atoms with Crippen LogP contribution >= 0.6 is 23.1 Å². The number of nitrogen functional groups attached to an aromatic ring is 1. The van der Waals surface area contributed by atoms with E-state index in [1.807, 2.05) is 0 Å². The average molecular weight is 379 g/mol. The van der Waals surface area contributed by atoms with Gasteiger partial charge in [0, 0.05) is 17.2 Å². The topological polar surface area (TPSA) is 64.2 Å². The van der Waals surface area contributed by atoms with E-state index in [0.29, 0.717) is 11.1 Å². The van der Waals surface area contributed by atoms with Crippen LogP contribution in [0.4, 0.5) is 0 Å². The Morgan fingerprint density at radius 1 is 1.28 bits per heavy atom. The first kappa shape index (κ1) is 17.4. The van der Waals surface area contributed by atoms with Crippen LogP contribution in [0.5, 0.6) is 0 Å². The molecule has 136 valence electrons. The Bertz CT molecular complexity index is 823. The number of nitrogens with zero attached hydrogens (tertiary/aromatic N) is 3. The lowest BCUT2D eigenvalue weighted by atomic mass is 9.88. The molecule has 1 saturated heterocycles. The van der Waals surface area contributed by atoms with E-state index in [1.54, 1.807) is 23.1 Å². The van der Waals surface area contributed by atoms with E-state index in [-0.39, 0.29) is 5.56 Å². The number of nitrogens with two attached hydrogens (primary N) is 1. The number of aromatic nitrogens is 2. The number of piperidine rings is 1. The van der Waals surface area contributed by atoms with E-state index in [2.05, 4.69) is 11.8 Å². The summed E-state index contributed by atoms with van der Waals surface area (Å²) in [6, 6.07) is 0. The first-order valence-electron chi connectivity index (χ1n) is 9.33. The quantitative estimate of drug-likeness (QED) is 0.503. The number of hydrogen-bond donors (Lipinski definition) is 1. The Hall–Kier alpha value is -1.05. The number of likely N-dealkylation sites (tertiary alicyclic amines) is 1. The maximum atomic E-state index is 12.9. The van der Waals surface area contributed by atoms with Crippen molar-refractivity contribution >= 4 is 33.3 Å². The molecule has 2 aliphatic rings. The van der Waals surface area contributed by atoms with Crippen molar-refractivity contribution in [1.82, 2.24) is 14.6 Å². The van der Waals surface area contributed by atoms with E-state index in [1.165, 1.54) is 53.9 Å². The van der Waals surface area contributed by atoms with Crippen molar-refractivity contribution in [3.63, 3.8) is 0 Å². The van der Waals surface area contributed by atoms with Gasteiger partial charge in [0.05, 0.1) is 5.39 Å². The molecule has 0 spiro atoms. The number of aryl methyl sites for hydroxylation is 1. The lowest BCUT2D eigenvalue weighted by Crippen LogP contribution is -2.32. The molecule has 1 fully saturated rings. The number of thiophene rings is 1. The summed E-state index contributed by atoms with van der Waals surface area (Å²) in [5.41, 5.74) is 1.14. The van der Waals surface area contributed by atoms with Crippen LogP contribution in [0.2, 0.25) is 0 Å². The Balaban J connectivity index is 1.58. The summed E-state index contributed by atoms with van der Waals surface area (Å²) in [4.78, 5) is 22.4. The van der Waals surface area contributed by atoms with Crippen LogP contribution in [0.3, 0.4) is 0 Å². The molecule has 0 bridgehead atoms. The summed E-state index contributed by atoms with van der Waals surface area (Å²) < 4.78 is 1.28. The Kier molecular flexibility index (Phi) is 5.06. The molecular formula is C18H26N4OS2. The molecule has 25 heavy (non-hydrogen) atoms. The first-order chi connectivity index (χ1) is 12.1. The second-order valence-electron chi connectivity index (χ2n) is 7.23. The highest BCUT2D eigenvalue weighted by Crippen LogP contribution is 2.40. The molecule has 5 nitrogen and oxygen atoms in total. The second kappa shape index (κ2) is 7.29. The zero-order chi connectivity index (χ0) is 17.4. The zero-order valence-corrected chi connectivity index (χ0v) is 16.4. The molecule has 0 saturated carbocycles. The Labute approximate surface area is 156 Å². The van der Waals surface area contributed by atoms with Crippen LogP contribution in [-0.4, -0.2) is 39.9 Å². The molecule has 7 heteroatoms. The minimum atomic E-state index is -0.0725. The van der Waals surface area contributed by atoms with Crippen LogP contribution < -0.4 is 11.4 Å². The summed E-state index contributed by atoms with van der Waals surface area (Å²) in [5.74, 6) is 7.48. The molecular weight excluding hydrogens is 352 g/mol. The molecule has 1 aliphatic carbocycles. The van der Waals surface area contributed by atoms with Crippen LogP contribution in [0.15, 0.2) is 9.95 Å². The van der Waals surface area contributed by atoms with Crippen LogP contribution in [0.25, 0.3) is 10.2 Å². The van der Waals surface area contributed by atoms with Gasteiger partial charge in [-0.2, -0.15) is 0 Å². The van der Waals surface area contributed by atoms with Gasteiger partial charge in [0.1, 0.15) is 4.83 Å². The number of rotatable bonds is 4. The van der Waals surface area contributed by atoms with Crippen LogP contribution in [-0.2, 0) is 6.42 Å². The molecule has 3 heterocycles. The van der Waals surface area contributed by atoms with Gasteiger partial charge in [-0.15, -0.1) is 11.3 Å². The highest BCUT2D eigenvalue weighted by atomic mass is 32.2. The molecule has 2 aromatic rings. The van der Waals surface area contributed by atoms with Crippen molar-refractivity contribution in [3.8, 4) is 0 Å². The molecule has 2 aromatic heterocycles. The van der Waals surface area contributed by atoms with Gasteiger partial charge in [0.15, 0.2) is 5.16 Å². The summed E-state index contributed by atoms with van der Waals surface area (Å²) >= 11 is 3.31. The molecule has 4 rings (SSSR count). The van der Waals surface area contributed by atoms with E-state index in [0.717, 1.165) is 35.4 Å². The lowest BCUT2D eigenvalue weighted by Gasteiger charge is -2.26. The average Bonchev–Trinajstić information content (AvgIpc) is 3.00. The van der Waals surface area contributed by atoms with Gasteiger partial charge in [0.2, 0.25) is 0 Å². The minimum Gasteiger partial charge on any atom is -0.334 e. The zero-order valence-electron chi connectivity index (χ0n) is 14.8. The fourth-order valence-corrected chi connectivity index (χ4v) is 6.37. The fourth-order valence-electron chi connectivity index (χ4n) is 4.08. The largest absolute Gasteiger partial charge is 0.334 e. The SMILES string of the molecule is C[C@@H]1CCCc2sc3nc(SCCN4CCCCC4)n(N)c(=O)c3c21. The molecule has 1 aliphatic heterocycles. The van der Waals surface area contributed by atoms with Gasteiger partial charge in [0.25, 0.3) is 5.56 Å². The second-order valence-corrected chi connectivity index (χ2v) is 9.38. The van der Waals surface area contributed by atoms with E-state index in [4.69, 9.17) is 10.8 Å². The smallest absolute Gasteiger partial charge is 0.281 e. The van der Waals surface area contributed by atoms with Crippen LogP contribution in [0, 0.1) is 0 Å². The summed E-state index contributed by atoms with van der Waals surface area (Å²) in [7, 11) is 0. The summed E-state index contributed by atoms with van der Waals surface area (Å²) in [6.07, 6.45) is 7.38. The number of hydrogen-bond acceptors (Lipinski definition) is 6. The van der Waals surface area contributed by atoms with E-state index >= 15 is 0 Å². The summed E-state index contributed by atoms with van der Waals surface area (Å²) in [6.45, 7) is 5.64. The predicted molar refractivity (Wildman–Crippen MR) is 106 cm³/mol. The molecule has 0 aromatic carbocycles. The van der Waals surface area contributed by atoms with Gasteiger partial charge in [-0.25, -0.2) is 9.66 Å². The van der Waals surface area contributed by atoms with Gasteiger partial charge >= 0.3 is 0 Å². The molecule has 0 amide bonds. The Morgan fingerprint density at radius 2 is 2.08 bits per heavy atom. The van der Waals surface area contributed by atoms with E-state index in [9.17, 15) is 4.79 Å². The highest BCUT2D eigenvalue weighted by Gasteiger charge is 2.26. The van der Waals surface area contributed by atoms with Crippen molar-refractivity contribution in [2.24, 2.45) is 0 Å². The van der Waals surface area contributed by atoms with Crippen molar-refractivity contribution in [2.45, 2.75) is 56.5 Å². The molecule has 1 atom stereocenters. The highest BCUT2D eigenvalue weighted by molar-refractivity contribution is 7.99. The van der Waals surface area contributed by atoms with Gasteiger partial charge < -0.3 is 10.7 Å². The van der Waals surface area contributed by atoms with Gasteiger partial charge in [-0.3, -0.25) is 4.79 Å². The number of fused-ring (bicyclic) bond motifs is 3. The van der Waals surface area contributed by atoms with Crippen molar-refractivity contribution < 1.29 is 0 Å². The monoisotopic (exact) mass is 378 g/mol. The maximum absolute atomic E-state index is 12.9. The third-order valence-electron chi connectivity index (χ3n) is 5.46. The Morgan fingerprint density at radius 3 is 2.88 bits per heavy atom.